The maximum absolute atomic E-state index is 12.9. The van der Waals surface area contributed by atoms with Crippen LogP contribution in [0.5, 0.6) is 0 Å². The van der Waals surface area contributed by atoms with Crippen molar-refractivity contribution in [2.24, 2.45) is 0 Å². The van der Waals surface area contributed by atoms with E-state index in [-0.39, 0.29) is 18.9 Å². The van der Waals surface area contributed by atoms with E-state index in [2.05, 4.69) is 0 Å². The van der Waals surface area contributed by atoms with Crippen LogP contribution in [0.25, 0.3) is 0 Å². The summed E-state index contributed by atoms with van der Waals surface area (Å²) in [5, 5.41) is 0. The van der Waals surface area contributed by atoms with Gasteiger partial charge in [-0.1, -0.05) is 0 Å². The van der Waals surface area contributed by atoms with Crippen molar-refractivity contribution in [3.63, 3.8) is 0 Å². The van der Waals surface area contributed by atoms with Crippen LogP contribution < -0.4 is 0 Å². The molecule has 15 heavy (non-hydrogen) atoms. The van der Waals surface area contributed by atoms with Gasteiger partial charge in [-0.15, -0.1) is 0 Å². The van der Waals surface area contributed by atoms with Gasteiger partial charge in [0.25, 0.3) is 5.92 Å². The molecule has 0 aromatic heterocycles. The van der Waals surface area contributed by atoms with Crippen molar-refractivity contribution in [3.8, 4) is 0 Å². The van der Waals surface area contributed by atoms with Gasteiger partial charge in [0.15, 0.2) is 0 Å². The first-order chi connectivity index (χ1) is 6.99. The van der Waals surface area contributed by atoms with E-state index in [0.717, 1.165) is 6.42 Å². The molecule has 0 spiro atoms. The summed E-state index contributed by atoms with van der Waals surface area (Å²) in [6, 6.07) is -0.402. The molecule has 0 aromatic carbocycles. The molecule has 6 heteroatoms. The van der Waals surface area contributed by atoms with Crippen LogP contribution >= 0.6 is 11.8 Å². The highest BCUT2D eigenvalue weighted by Gasteiger charge is 2.43. The summed E-state index contributed by atoms with van der Waals surface area (Å²) in [5.41, 5.74) is 0. The van der Waals surface area contributed by atoms with Crippen LogP contribution in [0.2, 0.25) is 0 Å². The van der Waals surface area contributed by atoms with Gasteiger partial charge in [-0.05, 0) is 24.6 Å². The van der Waals surface area contributed by atoms with Crippen LogP contribution in [0.15, 0.2) is 0 Å². The van der Waals surface area contributed by atoms with E-state index in [4.69, 9.17) is 11.8 Å². The second-order valence-corrected chi connectivity index (χ2v) is 4.58. The van der Waals surface area contributed by atoms with Crippen molar-refractivity contribution in [1.82, 2.24) is 9.32 Å². The third kappa shape index (κ3) is 2.23. The van der Waals surface area contributed by atoms with Gasteiger partial charge in [-0.25, -0.2) is 13.2 Å². The lowest BCUT2D eigenvalue weighted by atomic mass is 10.2. The van der Waals surface area contributed by atoms with Crippen LogP contribution in [0.1, 0.15) is 19.3 Å². The molecule has 3 nitrogen and oxygen atoms in total. The van der Waals surface area contributed by atoms with Gasteiger partial charge in [0.2, 0.25) is 5.91 Å². The number of nitrogens with zero attached hydrogens (tertiary/aromatic N) is 2. The molecule has 2 aliphatic rings. The standard InChI is InChI=1S/C9H13ClF2N2O/c10-14-4-1-2-7(14)8(15)13-5-3-9(11,12)6-13/h7H,1-6H2/t7-/m0/s1. The van der Waals surface area contributed by atoms with Gasteiger partial charge < -0.3 is 4.90 Å². The zero-order valence-corrected chi connectivity index (χ0v) is 9.01. The molecule has 0 bridgehead atoms. The minimum atomic E-state index is -2.72. The molecular weight excluding hydrogens is 226 g/mol. The fourth-order valence-corrected chi connectivity index (χ4v) is 2.41. The summed E-state index contributed by atoms with van der Waals surface area (Å²) in [6.07, 6.45) is 1.29. The SMILES string of the molecule is O=C([C@@H]1CCCN1Cl)N1CCC(F)(F)C1. The van der Waals surface area contributed by atoms with Crippen molar-refractivity contribution in [1.29, 1.82) is 0 Å². The number of hydrogen-bond donors (Lipinski definition) is 0. The molecule has 0 N–H and O–H groups in total. The number of hydrogen-bond acceptors (Lipinski definition) is 2. The van der Waals surface area contributed by atoms with Crippen molar-refractivity contribution >= 4 is 17.7 Å². The van der Waals surface area contributed by atoms with Gasteiger partial charge in [-0.2, -0.15) is 0 Å². The monoisotopic (exact) mass is 238 g/mol. The summed E-state index contributed by atoms with van der Waals surface area (Å²) >= 11 is 5.82. The van der Waals surface area contributed by atoms with Crippen molar-refractivity contribution in [2.45, 2.75) is 31.2 Å². The normalized spacial score (nSPS) is 31.1. The lowest BCUT2D eigenvalue weighted by molar-refractivity contribution is -0.135. The first-order valence-electron chi connectivity index (χ1n) is 5.09. The molecule has 2 saturated heterocycles. The highest BCUT2D eigenvalue weighted by Crippen LogP contribution is 2.29. The number of rotatable bonds is 1. The quantitative estimate of drug-likeness (QED) is 0.646. The Morgan fingerprint density at radius 2 is 2.13 bits per heavy atom. The molecule has 0 aromatic rings. The molecule has 2 aliphatic heterocycles. The zero-order valence-electron chi connectivity index (χ0n) is 8.26. The molecule has 1 atom stereocenters. The van der Waals surface area contributed by atoms with Crippen LogP contribution in [-0.2, 0) is 4.79 Å². The summed E-state index contributed by atoms with van der Waals surface area (Å²) < 4.78 is 27.2. The van der Waals surface area contributed by atoms with Gasteiger partial charge >= 0.3 is 0 Å². The summed E-state index contributed by atoms with van der Waals surface area (Å²) in [4.78, 5) is 13.0. The number of halogens is 3. The minimum absolute atomic E-state index is 0.146. The van der Waals surface area contributed by atoms with Crippen LogP contribution in [0, 0.1) is 0 Å². The number of amides is 1. The zero-order chi connectivity index (χ0) is 11.1. The number of carbonyl (C=O) groups excluding carboxylic acids is 1. The lowest BCUT2D eigenvalue weighted by Gasteiger charge is -2.23. The van der Waals surface area contributed by atoms with E-state index in [1.165, 1.54) is 9.32 Å². The van der Waals surface area contributed by atoms with Crippen LogP contribution in [0.3, 0.4) is 0 Å². The molecule has 1 amide bonds. The Balaban J connectivity index is 1.97. The number of carbonyl (C=O) groups is 1. The lowest BCUT2D eigenvalue weighted by Crippen LogP contribution is -2.42. The first-order valence-corrected chi connectivity index (χ1v) is 5.42. The predicted octanol–water partition coefficient (Wildman–Crippen LogP) is 1.47. The molecule has 0 saturated carbocycles. The Hall–Kier alpha value is -0.420. The molecule has 0 unspecified atom stereocenters. The van der Waals surface area contributed by atoms with Crippen molar-refractivity contribution in [3.05, 3.63) is 0 Å². The molecule has 0 radical (unpaired) electrons. The predicted molar refractivity (Wildman–Crippen MR) is 51.7 cm³/mol. The number of alkyl halides is 2. The van der Waals surface area contributed by atoms with E-state index in [1.807, 2.05) is 0 Å². The second kappa shape index (κ2) is 3.87. The average Bonchev–Trinajstić information content (AvgIpc) is 2.71. The molecule has 2 fully saturated rings. The maximum atomic E-state index is 12.9. The van der Waals surface area contributed by atoms with Crippen molar-refractivity contribution in [2.75, 3.05) is 19.6 Å². The van der Waals surface area contributed by atoms with Crippen LogP contribution in [0.4, 0.5) is 8.78 Å². The molecule has 2 heterocycles. The Morgan fingerprint density at radius 1 is 1.40 bits per heavy atom. The minimum Gasteiger partial charge on any atom is -0.335 e. The largest absolute Gasteiger partial charge is 0.335 e. The molecule has 0 aliphatic carbocycles. The molecule has 2 rings (SSSR count). The molecule has 86 valence electrons. The van der Waals surface area contributed by atoms with E-state index < -0.39 is 18.5 Å². The Labute approximate surface area is 92.1 Å². The highest BCUT2D eigenvalue weighted by atomic mass is 35.5. The Bertz CT molecular complexity index is 275. The third-order valence-corrected chi connectivity index (χ3v) is 3.36. The van der Waals surface area contributed by atoms with E-state index in [0.29, 0.717) is 13.0 Å². The summed E-state index contributed by atoms with van der Waals surface area (Å²) in [7, 11) is 0. The van der Waals surface area contributed by atoms with E-state index in [9.17, 15) is 13.6 Å². The average molecular weight is 239 g/mol. The number of likely N-dealkylation sites (tertiary alicyclic amines) is 1. The smallest absolute Gasteiger partial charge is 0.267 e. The van der Waals surface area contributed by atoms with Gasteiger partial charge in [0.1, 0.15) is 6.04 Å². The van der Waals surface area contributed by atoms with E-state index >= 15 is 0 Å². The van der Waals surface area contributed by atoms with E-state index in [1.54, 1.807) is 0 Å². The van der Waals surface area contributed by atoms with Gasteiger partial charge in [0, 0.05) is 19.5 Å². The third-order valence-electron chi connectivity index (χ3n) is 2.95. The Kier molecular flexibility index (Phi) is 2.85. The van der Waals surface area contributed by atoms with Crippen LogP contribution in [-0.4, -0.2) is 46.8 Å². The fraction of sp³-hybridized carbons (Fsp3) is 0.889. The van der Waals surface area contributed by atoms with Crippen molar-refractivity contribution < 1.29 is 13.6 Å². The highest BCUT2D eigenvalue weighted by molar-refractivity contribution is 6.15. The molecular formula is C9H13ClF2N2O. The second-order valence-electron chi connectivity index (χ2n) is 4.15. The van der Waals surface area contributed by atoms with Gasteiger partial charge in [0.05, 0.1) is 6.54 Å². The Morgan fingerprint density at radius 3 is 2.60 bits per heavy atom. The first kappa shape index (κ1) is 11.1. The summed E-state index contributed by atoms with van der Waals surface area (Å²) in [5.74, 6) is -2.97. The maximum Gasteiger partial charge on any atom is 0.267 e. The summed E-state index contributed by atoms with van der Waals surface area (Å²) in [6.45, 7) is 0.350. The topological polar surface area (TPSA) is 23.6 Å². The fourth-order valence-electron chi connectivity index (χ4n) is 2.11. The van der Waals surface area contributed by atoms with Gasteiger partial charge in [-0.3, -0.25) is 4.79 Å².